The summed E-state index contributed by atoms with van der Waals surface area (Å²) in [6.07, 6.45) is 1.88. The summed E-state index contributed by atoms with van der Waals surface area (Å²) < 4.78 is 43.8. The van der Waals surface area contributed by atoms with Crippen LogP contribution in [-0.2, 0) is 20.1 Å². The zero-order valence-electron chi connectivity index (χ0n) is 31.1. The quantitative estimate of drug-likeness (QED) is 0.167. The van der Waals surface area contributed by atoms with Crippen molar-refractivity contribution in [2.24, 2.45) is 0 Å². The predicted molar refractivity (Wildman–Crippen MR) is 185 cm³/mol. The number of pyridine rings is 3. The van der Waals surface area contributed by atoms with Gasteiger partial charge in [-0.25, -0.2) is 0 Å². The number of rotatable bonds is 4. The number of aromatic nitrogens is 3. The first-order valence-electron chi connectivity index (χ1n) is 17.4. The van der Waals surface area contributed by atoms with Gasteiger partial charge in [-0.05, 0) is 55.4 Å². The fraction of sp³-hybridized carbons (Fsp3) is 0.0714. The molecule has 0 fully saturated rings. The van der Waals surface area contributed by atoms with Gasteiger partial charge in [0.25, 0.3) is 0 Å². The van der Waals surface area contributed by atoms with Gasteiger partial charge in [0.1, 0.15) is 0 Å². The van der Waals surface area contributed by atoms with Gasteiger partial charge in [-0.15, -0.1) is 102 Å². The Morgan fingerprint density at radius 2 is 1.09 bits per heavy atom. The predicted octanol–water partition coefficient (Wildman–Crippen LogP) is 10.2. The summed E-state index contributed by atoms with van der Waals surface area (Å²) in [6, 6.07) is 54.7. The second-order valence-corrected chi connectivity index (χ2v) is 9.95. The second kappa shape index (κ2) is 17.5. The van der Waals surface area contributed by atoms with Crippen molar-refractivity contribution in [1.29, 1.82) is 0 Å². The minimum atomic E-state index is -2.16. The van der Waals surface area contributed by atoms with Crippen LogP contribution in [-0.4, -0.2) is 15.0 Å². The molecule has 0 aliphatic carbocycles. The van der Waals surface area contributed by atoms with Gasteiger partial charge >= 0.3 is 20.1 Å². The molecule has 0 radical (unpaired) electrons. The van der Waals surface area contributed by atoms with Crippen molar-refractivity contribution in [2.75, 3.05) is 0 Å². The van der Waals surface area contributed by atoms with E-state index in [-0.39, 0.29) is 31.5 Å². The van der Waals surface area contributed by atoms with Crippen LogP contribution in [0.3, 0.4) is 0 Å². The molecule has 226 valence electrons. The molecule has 7 aromatic rings. The van der Waals surface area contributed by atoms with E-state index >= 15 is 0 Å². The van der Waals surface area contributed by atoms with Crippen molar-refractivity contribution < 1.29 is 28.3 Å². The van der Waals surface area contributed by atoms with Gasteiger partial charge < -0.3 is 15.0 Å². The molecule has 46 heavy (non-hydrogen) atoms. The van der Waals surface area contributed by atoms with Gasteiger partial charge in [0.15, 0.2) is 0 Å². The summed E-state index contributed by atoms with van der Waals surface area (Å²) in [4.78, 5) is 12.7. The molecule has 3 heterocycles. The monoisotopic (exact) mass is 779 g/mol. The molecule has 0 spiro atoms. The van der Waals surface area contributed by atoms with Crippen molar-refractivity contribution >= 4 is 0 Å². The summed E-state index contributed by atoms with van der Waals surface area (Å²) in [7, 11) is 0. The smallest absolute Gasteiger partial charge is 0.304 e. The zero-order valence-corrected chi connectivity index (χ0v) is 27.5. The molecule has 7 rings (SSSR count). The van der Waals surface area contributed by atoms with Crippen LogP contribution in [0.2, 0.25) is 0 Å². The maximum Gasteiger partial charge on any atom is 3.00 e. The Hall–Kier alpha value is -5.02. The summed E-state index contributed by atoms with van der Waals surface area (Å²) in [5.41, 5.74) is 8.64. The van der Waals surface area contributed by atoms with Gasteiger partial charge in [0.2, 0.25) is 0 Å². The third-order valence-electron chi connectivity index (χ3n) is 6.58. The first-order valence-corrected chi connectivity index (χ1v) is 14.4. The molecule has 0 unspecified atom stereocenters. The molecule has 0 aliphatic heterocycles. The van der Waals surface area contributed by atoms with Gasteiger partial charge in [-0.3, -0.25) is 0 Å². The average molecular weight is 779 g/mol. The summed E-state index contributed by atoms with van der Waals surface area (Å²) in [5, 5.41) is 0. The third kappa shape index (κ3) is 10.0. The van der Waals surface area contributed by atoms with Crippen LogP contribution < -0.4 is 0 Å². The summed E-state index contributed by atoms with van der Waals surface area (Å²) in [5.74, 6) is 0. The topological polar surface area (TPSA) is 38.7 Å². The Labute approximate surface area is 294 Å². The fourth-order valence-corrected chi connectivity index (χ4v) is 4.30. The van der Waals surface area contributed by atoms with E-state index < -0.39 is 13.7 Å². The van der Waals surface area contributed by atoms with Crippen LogP contribution in [0, 0.1) is 38.8 Å². The molecular formula is C42H34IrN3. The number of aryl methyl sites for hydroxylation is 3. The average Bonchev–Trinajstić information content (AvgIpc) is 3.16. The largest absolute Gasteiger partial charge is 3.00 e. The van der Waals surface area contributed by atoms with E-state index in [4.69, 9.17) is 8.22 Å². The third-order valence-corrected chi connectivity index (χ3v) is 6.58. The normalized spacial score (nSPS) is 12.4. The summed E-state index contributed by atoms with van der Waals surface area (Å²) in [6.45, 7) is -2.28. The molecule has 0 saturated carbocycles. The van der Waals surface area contributed by atoms with Crippen LogP contribution >= 0.6 is 0 Å². The molecule has 0 amide bonds. The van der Waals surface area contributed by atoms with Crippen molar-refractivity contribution in [3.8, 4) is 44.9 Å². The Morgan fingerprint density at radius 1 is 0.500 bits per heavy atom. The molecule has 3 nitrogen and oxygen atoms in total. The first kappa shape index (κ1) is 26.2. The number of benzene rings is 4. The fourth-order valence-electron chi connectivity index (χ4n) is 4.30. The van der Waals surface area contributed by atoms with Gasteiger partial charge in [-0.1, -0.05) is 77.9 Å². The van der Waals surface area contributed by atoms with E-state index in [9.17, 15) is 0 Å². The van der Waals surface area contributed by atoms with Crippen molar-refractivity contribution in [2.45, 2.75) is 20.6 Å². The van der Waals surface area contributed by atoms with E-state index in [1.54, 1.807) is 36.4 Å². The minimum absolute atomic E-state index is 0. The minimum Gasteiger partial charge on any atom is -0.304 e. The number of hydrogen-bond donors (Lipinski definition) is 0. The van der Waals surface area contributed by atoms with Crippen molar-refractivity contribution in [3.63, 3.8) is 0 Å². The van der Waals surface area contributed by atoms with E-state index in [0.29, 0.717) is 11.4 Å². The van der Waals surface area contributed by atoms with Gasteiger partial charge in [-0.2, -0.15) is 0 Å². The first-order chi connectivity index (χ1) is 24.5. The molecular weight excluding hydrogens is 739 g/mol. The summed E-state index contributed by atoms with van der Waals surface area (Å²) >= 11 is 0. The standard InChI is InChI=1S/C18H14N.2C12H10N.Ir/c1-14-7-12-18(19-13-14)17-10-8-16(9-11-17)15-5-3-2-4-6-15;2*1-10-6-5-9-12(13-10)11-7-3-2-4-8-11;/h2-10,12-13H,1H3;2*2-7,9H,1H3;/q3*-1;+3/i;2*1D3;. The van der Waals surface area contributed by atoms with Gasteiger partial charge in [0, 0.05) is 25.8 Å². The second-order valence-electron chi connectivity index (χ2n) is 9.95. The number of hydrogen-bond acceptors (Lipinski definition) is 3. The Bertz CT molecular complexity index is 2010. The maximum atomic E-state index is 7.29. The molecule has 4 heteroatoms. The Morgan fingerprint density at radius 3 is 1.57 bits per heavy atom. The van der Waals surface area contributed by atoms with Crippen LogP contribution in [0.4, 0.5) is 0 Å². The SMILES string of the molecule is Cc1ccc(-c2[c-]cc(-c3ccccc3)cc2)nc1.[2H]C([2H])([2H])c1cccc(-c2[c-]cccc2)n1.[2H]C([2H])([2H])c1cccc(-c2[c-]cccc2)n1.[Ir+3]. The van der Waals surface area contributed by atoms with Gasteiger partial charge in [0.05, 0.1) is 0 Å². The van der Waals surface area contributed by atoms with Crippen LogP contribution in [0.25, 0.3) is 44.9 Å². The Balaban J connectivity index is 0.000000174. The van der Waals surface area contributed by atoms with Crippen molar-refractivity contribution in [1.82, 2.24) is 15.0 Å². The van der Waals surface area contributed by atoms with Crippen LogP contribution in [0.5, 0.6) is 0 Å². The molecule has 4 aromatic carbocycles. The molecule has 3 aromatic heterocycles. The van der Waals surface area contributed by atoms with E-state index in [1.165, 1.54) is 28.8 Å². The molecule has 0 saturated heterocycles. The molecule has 0 bridgehead atoms. The number of nitrogens with zero attached hydrogens (tertiary/aromatic N) is 3. The van der Waals surface area contributed by atoms with E-state index in [0.717, 1.165) is 22.4 Å². The Kier molecular flexibility index (Phi) is 9.95. The zero-order chi connectivity index (χ0) is 36.3. The van der Waals surface area contributed by atoms with Crippen molar-refractivity contribution in [3.05, 3.63) is 187 Å². The van der Waals surface area contributed by atoms with E-state index in [2.05, 4.69) is 63.5 Å². The molecule has 0 N–H and O–H groups in total. The van der Waals surface area contributed by atoms with Crippen LogP contribution in [0.15, 0.2) is 152 Å². The molecule has 0 atom stereocenters. The van der Waals surface area contributed by atoms with E-state index in [1.807, 2.05) is 79.9 Å². The van der Waals surface area contributed by atoms with Crippen LogP contribution in [0.1, 0.15) is 25.2 Å². The molecule has 0 aliphatic rings. The maximum absolute atomic E-state index is 7.29.